The number of nitrogens with two attached hydrogens (primary N) is 1. The van der Waals surface area contributed by atoms with Crippen LogP contribution in [0.15, 0.2) is 48.5 Å². The zero-order chi connectivity index (χ0) is 16.3. The van der Waals surface area contributed by atoms with Crippen molar-refractivity contribution in [2.24, 2.45) is 5.73 Å². The van der Waals surface area contributed by atoms with Crippen LogP contribution >= 0.6 is 0 Å². The summed E-state index contributed by atoms with van der Waals surface area (Å²) in [6.07, 6.45) is -5.68. The molecule has 0 fully saturated rings. The lowest BCUT2D eigenvalue weighted by Gasteiger charge is -2.20. The van der Waals surface area contributed by atoms with E-state index in [1.165, 1.54) is 0 Å². The molecule has 0 unspecified atom stereocenters. The number of hydrogen-bond acceptors (Lipinski definition) is 2. The van der Waals surface area contributed by atoms with Crippen molar-refractivity contribution in [2.45, 2.75) is 24.7 Å². The number of hydrogen-bond donors (Lipinski definition) is 2. The molecule has 2 rings (SSSR count). The minimum atomic E-state index is -4.80. The van der Waals surface area contributed by atoms with Crippen LogP contribution in [0.3, 0.4) is 0 Å². The van der Waals surface area contributed by atoms with Crippen molar-refractivity contribution in [1.29, 1.82) is 0 Å². The quantitative estimate of drug-likeness (QED) is 0.849. The van der Waals surface area contributed by atoms with Gasteiger partial charge in [-0.25, -0.2) is 4.39 Å². The van der Waals surface area contributed by atoms with E-state index >= 15 is 0 Å². The van der Waals surface area contributed by atoms with Gasteiger partial charge < -0.3 is 10.8 Å². The van der Waals surface area contributed by atoms with Gasteiger partial charge in [0.25, 0.3) is 0 Å². The first-order valence-electron chi connectivity index (χ1n) is 6.63. The molecule has 118 valence electrons. The zero-order valence-electron chi connectivity index (χ0n) is 11.5. The molecule has 3 N–H and O–H groups in total. The summed E-state index contributed by atoms with van der Waals surface area (Å²) in [6, 6.07) is 10.4. The Hall–Kier alpha value is -1.92. The number of benzene rings is 2. The van der Waals surface area contributed by atoms with E-state index in [-0.39, 0.29) is 12.0 Å². The first-order chi connectivity index (χ1) is 10.3. The Morgan fingerprint density at radius 2 is 1.68 bits per heavy atom. The van der Waals surface area contributed by atoms with Crippen LogP contribution in [-0.4, -0.2) is 11.2 Å². The summed E-state index contributed by atoms with van der Waals surface area (Å²) in [5.74, 6) is -1.36. The van der Waals surface area contributed by atoms with Crippen LogP contribution in [0.1, 0.15) is 22.7 Å². The van der Waals surface area contributed by atoms with Gasteiger partial charge in [-0.15, -0.1) is 0 Å². The van der Waals surface area contributed by atoms with Gasteiger partial charge in [-0.3, -0.25) is 0 Å². The highest BCUT2D eigenvalue weighted by Gasteiger charge is 2.35. The van der Waals surface area contributed by atoms with Gasteiger partial charge in [0, 0.05) is 6.42 Å². The third-order valence-electron chi connectivity index (χ3n) is 3.38. The van der Waals surface area contributed by atoms with Crippen LogP contribution in [0.2, 0.25) is 0 Å². The summed E-state index contributed by atoms with van der Waals surface area (Å²) >= 11 is 0. The summed E-state index contributed by atoms with van der Waals surface area (Å²) in [5, 5.41) is 10.1. The van der Waals surface area contributed by atoms with Gasteiger partial charge in [0.15, 0.2) is 0 Å². The highest BCUT2D eigenvalue weighted by Crippen LogP contribution is 2.33. The first kappa shape index (κ1) is 16.5. The van der Waals surface area contributed by atoms with E-state index in [0.717, 1.165) is 11.6 Å². The lowest BCUT2D eigenvalue weighted by Crippen LogP contribution is -2.28. The van der Waals surface area contributed by atoms with Gasteiger partial charge in [-0.05, 0) is 23.3 Å². The largest absolute Gasteiger partial charge is 0.419 e. The number of rotatable bonds is 4. The number of halogens is 4. The van der Waals surface area contributed by atoms with Crippen molar-refractivity contribution >= 4 is 0 Å². The standard InChI is InChI=1S/C16H15F4NO/c17-13-7-6-11(9-12(13)16(18,19)20)15(21)14(22)8-10-4-2-1-3-5-10/h1-7,9,14-15,22H,8,21H2/t14-,15+/m0/s1. The fourth-order valence-corrected chi connectivity index (χ4v) is 2.17. The number of aliphatic hydroxyl groups excluding tert-OH is 1. The second-order valence-electron chi connectivity index (χ2n) is 5.02. The van der Waals surface area contributed by atoms with Crippen molar-refractivity contribution in [1.82, 2.24) is 0 Å². The monoisotopic (exact) mass is 313 g/mol. The molecular weight excluding hydrogens is 298 g/mol. The average molecular weight is 313 g/mol. The molecule has 6 heteroatoms. The second kappa shape index (κ2) is 6.46. The van der Waals surface area contributed by atoms with Crippen LogP contribution in [0.4, 0.5) is 17.6 Å². The third kappa shape index (κ3) is 3.84. The third-order valence-corrected chi connectivity index (χ3v) is 3.38. The van der Waals surface area contributed by atoms with Crippen molar-refractivity contribution in [3.05, 3.63) is 71.0 Å². The van der Waals surface area contributed by atoms with Crippen molar-refractivity contribution in [2.75, 3.05) is 0 Å². The molecule has 0 heterocycles. The molecule has 2 atom stereocenters. The molecule has 2 aromatic rings. The molecule has 2 nitrogen and oxygen atoms in total. The Morgan fingerprint density at radius 3 is 2.27 bits per heavy atom. The molecule has 0 aliphatic heterocycles. The Labute approximate surface area is 125 Å². The van der Waals surface area contributed by atoms with E-state index in [2.05, 4.69) is 0 Å². The summed E-state index contributed by atoms with van der Waals surface area (Å²) in [4.78, 5) is 0. The maximum Gasteiger partial charge on any atom is 0.419 e. The van der Waals surface area contributed by atoms with Crippen LogP contribution in [0.25, 0.3) is 0 Å². The lowest BCUT2D eigenvalue weighted by molar-refractivity contribution is -0.140. The molecular formula is C16H15F4NO. The molecule has 0 saturated heterocycles. The maximum absolute atomic E-state index is 13.3. The van der Waals surface area contributed by atoms with Gasteiger partial charge in [0.05, 0.1) is 17.7 Å². The van der Waals surface area contributed by atoms with E-state index in [0.29, 0.717) is 12.1 Å². The van der Waals surface area contributed by atoms with Crippen molar-refractivity contribution in [3.63, 3.8) is 0 Å². The SMILES string of the molecule is N[C@H](c1ccc(F)c(C(F)(F)F)c1)[C@@H](O)Cc1ccccc1. The van der Waals surface area contributed by atoms with E-state index in [1.807, 2.05) is 6.07 Å². The summed E-state index contributed by atoms with van der Waals surface area (Å²) in [5.41, 5.74) is 5.27. The maximum atomic E-state index is 13.3. The lowest BCUT2D eigenvalue weighted by atomic mass is 9.95. The summed E-state index contributed by atoms with van der Waals surface area (Å²) in [6.45, 7) is 0. The molecule has 0 radical (unpaired) electrons. The Morgan fingerprint density at radius 1 is 1.05 bits per heavy atom. The van der Waals surface area contributed by atoms with E-state index < -0.39 is 29.7 Å². The van der Waals surface area contributed by atoms with Crippen molar-refractivity contribution < 1.29 is 22.7 Å². The molecule has 0 aliphatic carbocycles. The van der Waals surface area contributed by atoms with Gasteiger partial charge in [0.2, 0.25) is 0 Å². The minimum absolute atomic E-state index is 0.0390. The average Bonchev–Trinajstić information content (AvgIpc) is 2.47. The highest BCUT2D eigenvalue weighted by atomic mass is 19.4. The molecule has 0 aromatic heterocycles. The molecule has 0 aliphatic rings. The summed E-state index contributed by atoms with van der Waals surface area (Å²) < 4.78 is 51.3. The van der Waals surface area contributed by atoms with Gasteiger partial charge in [0.1, 0.15) is 5.82 Å². The Kier molecular flexibility index (Phi) is 4.83. The smallest absolute Gasteiger partial charge is 0.391 e. The summed E-state index contributed by atoms with van der Waals surface area (Å²) in [7, 11) is 0. The molecule has 22 heavy (non-hydrogen) atoms. The van der Waals surface area contributed by atoms with Crippen molar-refractivity contribution in [3.8, 4) is 0 Å². The molecule has 0 bridgehead atoms. The fourth-order valence-electron chi connectivity index (χ4n) is 2.17. The van der Waals surface area contributed by atoms with E-state index in [4.69, 9.17) is 5.73 Å². The Bertz CT molecular complexity index is 628. The molecule has 0 amide bonds. The fraction of sp³-hybridized carbons (Fsp3) is 0.250. The first-order valence-corrected chi connectivity index (χ1v) is 6.63. The topological polar surface area (TPSA) is 46.2 Å². The Balaban J connectivity index is 2.20. The van der Waals surface area contributed by atoms with E-state index in [9.17, 15) is 22.7 Å². The minimum Gasteiger partial charge on any atom is -0.391 e. The zero-order valence-corrected chi connectivity index (χ0v) is 11.5. The van der Waals surface area contributed by atoms with E-state index in [1.54, 1.807) is 24.3 Å². The van der Waals surface area contributed by atoms with Crippen LogP contribution in [0.5, 0.6) is 0 Å². The van der Waals surface area contributed by atoms with Gasteiger partial charge in [-0.1, -0.05) is 36.4 Å². The van der Waals surface area contributed by atoms with Crippen LogP contribution < -0.4 is 5.73 Å². The van der Waals surface area contributed by atoms with Gasteiger partial charge >= 0.3 is 6.18 Å². The van der Waals surface area contributed by atoms with Crippen LogP contribution in [-0.2, 0) is 12.6 Å². The predicted molar refractivity (Wildman–Crippen MR) is 74.5 cm³/mol. The highest BCUT2D eigenvalue weighted by molar-refractivity contribution is 5.30. The number of alkyl halides is 3. The molecule has 0 saturated carbocycles. The predicted octanol–water partition coefficient (Wildman–Crippen LogP) is 3.45. The number of aliphatic hydroxyl groups is 1. The molecule has 0 spiro atoms. The van der Waals surface area contributed by atoms with Crippen LogP contribution in [0, 0.1) is 5.82 Å². The van der Waals surface area contributed by atoms with Gasteiger partial charge in [-0.2, -0.15) is 13.2 Å². The second-order valence-corrected chi connectivity index (χ2v) is 5.02. The normalized spacial score (nSPS) is 14.6. The molecule has 2 aromatic carbocycles.